The van der Waals surface area contributed by atoms with Gasteiger partial charge in [0, 0.05) is 24.7 Å². The highest BCUT2D eigenvalue weighted by Gasteiger charge is 2.21. The number of amides is 1. The molecular formula is C22H21N3O6S. The molecule has 3 aromatic rings. The number of hydrogen-bond acceptors (Lipinski definition) is 6. The van der Waals surface area contributed by atoms with Crippen LogP contribution in [-0.4, -0.2) is 33.4 Å². The normalized spacial score (nSPS) is 11.0. The number of hydrogen-bond donors (Lipinski definition) is 1. The molecule has 0 spiro atoms. The number of benzene rings is 3. The molecule has 3 aromatic carbocycles. The molecule has 0 aliphatic carbocycles. The number of aryl methyl sites for hydroxylation is 1. The van der Waals surface area contributed by atoms with E-state index in [2.05, 4.69) is 5.32 Å². The molecule has 1 amide bonds. The second-order valence-electron chi connectivity index (χ2n) is 6.93. The summed E-state index contributed by atoms with van der Waals surface area (Å²) >= 11 is 0. The Morgan fingerprint density at radius 1 is 1.03 bits per heavy atom. The van der Waals surface area contributed by atoms with Crippen molar-refractivity contribution in [3.63, 3.8) is 0 Å². The number of nitrogens with zero attached hydrogens (tertiary/aromatic N) is 2. The summed E-state index contributed by atoms with van der Waals surface area (Å²) in [7, 11) is -0.946. The van der Waals surface area contributed by atoms with Crippen LogP contribution in [0.2, 0.25) is 0 Å². The van der Waals surface area contributed by atoms with Gasteiger partial charge in [0.15, 0.2) is 0 Å². The smallest absolute Gasteiger partial charge is 0.271 e. The van der Waals surface area contributed by atoms with E-state index in [0.29, 0.717) is 5.69 Å². The minimum absolute atomic E-state index is 0.148. The van der Waals surface area contributed by atoms with Gasteiger partial charge in [-0.1, -0.05) is 17.7 Å². The SMILES string of the molecule is COc1ccc([N+](=O)[O-])cc1NC(=O)c1ccc(N(C)S(=O)(=O)c2ccc(C)cc2)cc1. The van der Waals surface area contributed by atoms with Crippen molar-refractivity contribution in [2.75, 3.05) is 23.8 Å². The van der Waals surface area contributed by atoms with E-state index in [1.165, 1.54) is 68.8 Å². The minimum Gasteiger partial charge on any atom is -0.495 e. The summed E-state index contributed by atoms with van der Waals surface area (Å²) in [5, 5.41) is 13.6. The molecule has 9 nitrogen and oxygen atoms in total. The van der Waals surface area contributed by atoms with Gasteiger partial charge in [-0.25, -0.2) is 8.42 Å². The van der Waals surface area contributed by atoms with Gasteiger partial charge in [0.1, 0.15) is 5.75 Å². The zero-order valence-electron chi connectivity index (χ0n) is 17.6. The average molecular weight is 455 g/mol. The lowest BCUT2D eigenvalue weighted by molar-refractivity contribution is -0.384. The van der Waals surface area contributed by atoms with E-state index in [1.807, 2.05) is 6.92 Å². The number of rotatable bonds is 7. The van der Waals surface area contributed by atoms with Crippen LogP contribution >= 0.6 is 0 Å². The molecule has 0 heterocycles. The summed E-state index contributed by atoms with van der Waals surface area (Å²) in [5.41, 5.74) is 1.51. The Bertz CT molecular complexity index is 1260. The highest BCUT2D eigenvalue weighted by molar-refractivity contribution is 7.92. The topological polar surface area (TPSA) is 119 Å². The molecule has 10 heteroatoms. The number of nitro benzene ring substituents is 1. The Hall–Kier alpha value is -3.92. The summed E-state index contributed by atoms with van der Waals surface area (Å²) in [4.78, 5) is 23.2. The van der Waals surface area contributed by atoms with Gasteiger partial charge in [0.25, 0.3) is 21.6 Å². The first-order valence-electron chi connectivity index (χ1n) is 9.43. The number of sulfonamides is 1. The first-order valence-corrected chi connectivity index (χ1v) is 10.9. The maximum atomic E-state index is 12.8. The highest BCUT2D eigenvalue weighted by atomic mass is 32.2. The maximum absolute atomic E-state index is 12.8. The number of carbonyl (C=O) groups excluding carboxylic acids is 1. The maximum Gasteiger partial charge on any atom is 0.271 e. The van der Waals surface area contributed by atoms with Crippen molar-refractivity contribution in [2.45, 2.75) is 11.8 Å². The summed E-state index contributed by atoms with van der Waals surface area (Å²) in [5.74, 6) is -0.260. The van der Waals surface area contributed by atoms with Crippen molar-refractivity contribution in [2.24, 2.45) is 0 Å². The molecule has 0 aliphatic heterocycles. The third-order valence-electron chi connectivity index (χ3n) is 4.81. The van der Waals surface area contributed by atoms with Crippen molar-refractivity contribution in [3.8, 4) is 5.75 Å². The van der Waals surface area contributed by atoms with Crippen molar-refractivity contribution >= 4 is 33.0 Å². The highest BCUT2D eigenvalue weighted by Crippen LogP contribution is 2.29. The van der Waals surface area contributed by atoms with E-state index < -0.39 is 20.9 Å². The number of ether oxygens (including phenoxy) is 1. The molecule has 32 heavy (non-hydrogen) atoms. The Morgan fingerprint density at radius 3 is 2.22 bits per heavy atom. The van der Waals surface area contributed by atoms with Gasteiger partial charge >= 0.3 is 0 Å². The number of non-ortho nitro benzene ring substituents is 1. The van der Waals surface area contributed by atoms with E-state index in [1.54, 1.807) is 12.1 Å². The molecule has 0 aromatic heterocycles. The predicted octanol–water partition coefficient (Wildman–Crippen LogP) is 3.99. The molecule has 0 saturated heterocycles. The van der Waals surface area contributed by atoms with E-state index in [-0.39, 0.29) is 27.6 Å². The molecule has 0 unspecified atom stereocenters. The molecule has 166 valence electrons. The molecular weight excluding hydrogens is 434 g/mol. The molecule has 1 N–H and O–H groups in total. The monoisotopic (exact) mass is 455 g/mol. The number of nitrogens with one attached hydrogen (secondary N) is 1. The van der Waals surface area contributed by atoms with Crippen LogP contribution < -0.4 is 14.4 Å². The Labute approximate surface area is 185 Å². The fourth-order valence-electron chi connectivity index (χ4n) is 2.93. The zero-order valence-corrected chi connectivity index (χ0v) is 18.4. The fraction of sp³-hybridized carbons (Fsp3) is 0.136. The van der Waals surface area contributed by atoms with E-state index in [4.69, 9.17) is 4.74 Å². The van der Waals surface area contributed by atoms with Crippen molar-refractivity contribution < 1.29 is 22.9 Å². The Morgan fingerprint density at radius 2 is 1.66 bits per heavy atom. The first kappa shape index (κ1) is 22.8. The lowest BCUT2D eigenvalue weighted by atomic mass is 10.2. The Kier molecular flexibility index (Phi) is 6.45. The number of anilines is 2. The van der Waals surface area contributed by atoms with Crippen molar-refractivity contribution in [3.05, 3.63) is 88.0 Å². The molecule has 0 atom stereocenters. The third-order valence-corrected chi connectivity index (χ3v) is 6.61. The molecule has 0 saturated carbocycles. The van der Waals surface area contributed by atoms with Gasteiger partial charge in [-0.3, -0.25) is 19.2 Å². The zero-order chi connectivity index (χ0) is 23.5. The summed E-state index contributed by atoms with van der Waals surface area (Å²) in [6.07, 6.45) is 0. The molecule has 0 aliphatic rings. The second kappa shape index (κ2) is 9.06. The molecule has 0 bridgehead atoms. The largest absolute Gasteiger partial charge is 0.495 e. The van der Waals surface area contributed by atoms with Crippen molar-refractivity contribution in [1.29, 1.82) is 0 Å². The molecule has 3 rings (SSSR count). The van der Waals surface area contributed by atoms with E-state index in [9.17, 15) is 23.3 Å². The molecule has 0 radical (unpaired) electrons. The van der Waals surface area contributed by atoms with Gasteiger partial charge in [0.05, 0.1) is 28.3 Å². The van der Waals surface area contributed by atoms with Gasteiger partial charge in [-0.05, 0) is 49.4 Å². The minimum atomic E-state index is -3.76. The number of nitro groups is 1. The van der Waals surface area contributed by atoms with Crippen LogP contribution in [0, 0.1) is 17.0 Å². The van der Waals surface area contributed by atoms with Crippen LogP contribution in [0.5, 0.6) is 5.75 Å². The van der Waals surface area contributed by atoms with Crippen LogP contribution in [0.25, 0.3) is 0 Å². The lowest BCUT2D eigenvalue weighted by Crippen LogP contribution is -2.26. The van der Waals surface area contributed by atoms with Crippen molar-refractivity contribution in [1.82, 2.24) is 0 Å². The average Bonchev–Trinajstić information content (AvgIpc) is 2.78. The third kappa shape index (κ3) is 4.70. The van der Waals surface area contributed by atoms with Crippen LogP contribution in [0.4, 0.5) is 17.1 Å². The van der Waals surface area contributed by atoms with Crippen LogP contribution in [0.3, 0.4) is 0 Å². The van der Waals surface area contributed by atoms with E-state index in [0.717, 1.165) is 9.87 Å². The number of carbonyl (C=O) groups is 1. The van der Waals surface area contributed by atoms with Crippen LogP contribution in [-0.2, 0) is 10.0 Å². The second-order valence-corrected chi connectivity index (χ2v) is 8.90. The van der Waals surface area contributed by atoms with Gasteiger partial charge in [-0.15, -0.1) is 0 Å². The van der Waals surface area contributed by atoms with Gasteiger partial charge < -0.3 is 10.1 Å². The summed E-state index contributed by atoms with van der Waals surface area (Å²) < 4.78 is 31.9. The summed E-state index contributed by atoms with van der Waals surface area (Å²) in [6.45, 7) is 1.87. The van der Waals surface area contributed by atoms with Crippen LogP contribution in [0.1, 0.15) is 15.9 Å². The molecule has 0 fully saturated rings. The standard InChI is InChI=1S/C22H21N3O6S/c1-15-4-11-19(12-5-15)32(29,30)24(2)17-8-6-16(7-9-17)22(26)23-20-14-18(25(27)28)10-13-21(20)31-3/h4-14H,1-3H3,(H,23,26). The quantitative estimate of drug-likeness (QED) is 0.425. The van der Waals surface area contributed by atoms with Gasteiger partial charge in [-0.2, -0.15) is 0 Å². The Balaban J connectivity index is 1.81. The lowest BCUT2D eigenvalue weighted by Gasteiger charge is -2.20. The van der Waals surface area contributed by atoms with Crippen LogP contribution in [0.15, 0.2) is 71.6 Å². The van der Waals surface area contributed by atoms with Gasteiger partial charge in [0.2, 0.25) is 0 Å². The fourth-order valence-corrected chi connectivity index (χ4v) is 4.13. The predicted molar refractivity (Wildman–Crippen MR) is 121 cm³/mol. The van der Waals surface area contributed by atoms with E-state index >= 15 is 0 Å². The first-order chi connectivity index (χ1) is 15.1. The summed E-state index contributed by atoms with van der Waals surface area (Å²) in [6, 6.07) is 16.3. The number of methoxy groups -OCH3 is 1.